The lowest BCUT2D eigenvalue weighted by atomic mass is 10.4. The third-order valence-corrected chi connectivity index (χ3v) is 3.05. The standard InChI is InChI=1S/C10H8Br2N2O/c11-8-3-4-15-9(8)6-13-7-1-2-10(12)14-5-7/h1-5,13H,6H2. The largest absolute Gasteiger partial charge is 0.466 e. The number of furan rings is 1. The van der Waals surface area contributed by atoms with Crippen molar-refractivity contribution < 1.29 is 4.42 Å². The summed E-state index contributed by atoms with van der Waals surface area (Å²) in [5.74, 6) is 0.873. The molecule has 2 aromatic heterocycles. The maximum Gasteiger partial charge on any atom is 0.136 e. The Morgan fingerprint density at radius 1 is 1.27 bits per heavy atom. The number of pyridine rings is 1. The van der Waals surface area contributed by atoms with E-state index in [1.165, 1.54) is 0 Å². The van der Waals surface area contributed by atoms with Gasteiger partial charge in [-0.1, -0.05) is 0 Å². The molecule has 15 heavy (non-hydrogen) atoms. The van der Waals surface area contributed by atoms with Crippen LogP contribution in [0.15, 0.2) is 44.2 Å². The Morgan fingerprint density at radius 3 is 2.73 bits per heavy atom. The van der Waals surface area contributed by atoms with Crippen molar-refractivity contribution in [2.24, 2.45) is 0 Å². The Bertz CT molecular complexity index is 439. The maximum absolute atomic E-state index is 5.27. The van der Waals surface area contributed by atoms with Gasteiger partial charge >= 0.3 is 0 Å². The molecule has 1 N–H and O–H groups in total. The molecule has 2 aromatic rings. The predicted octanol–water partition coefficient (Wildman–Crippen LogP) is 3.81. The van der Waals surface area contributed by atoms with E-state index in [9.17, 15) is 0 Å². The summed E-state index contributed by atoms with van der Waals surface area (Å²) in [4.78, 5) is 4.11. The summed E-state index contributed by atoms with van der Waals surface area (Å²) >= 11 is 6.68. The second kappa shape index (κ2) is 4.81. The number of hydrogen-bond donors (Lipinski definition) is 1. The molecule has 5 heteroatoms. The minimum absolute atomic E-state index is 0.636. The zero-order chi connectivity index (χ0) is 10.7. The van der Waals surface area contributed by atoms with E-state index in [0.29, 0.717) is 6.54 Å². The third-order valence-electron chi connectivity index (χ3n) is 1.87. The summed E-state index contributed by atoms with van der Waals surface area (Å²) in [6.07, 6.45) is 3.42. The summed E-state index contributed by atoms with van der Waals surface area (Å²) in [5.41, 5.74) is 0.960. The van der Waals surface area contributed by atoms with Crippen LogP contribution in [0, 0.1) is 0 Å². The van der Waals surface area contributed by atoms with Crippen LogP contribution in [0.4, 0.5) is 5.69 Å². The highest BCUT2D eigenvalue weighted by atomic mass is 79.9. The molecule has 0 saturated heterocycles. The van der Waals surface area contributed by atoms with Crippen molar-refractivity contribution in [1.82, 2.24) is 4.98 Å². The van der Waals surface area contributed by atoms with Gasteiger partial charge in [0, 0.05) is 0 Å². The normalized spacial score (nSPS) is 10.3. The fraction of sp³-hybridized carbons (Fsp3) is 0.100. The van der Waals surface area contributed by atoms with Gasteiger partial charge < -0.3 is 9.73 Å². The topological polar surface area (TPSA) is 38.1 Å². The van der Waals surface area contributed by atoms with E-state index in [-0.39, 0.29) is 0 Å². The monoisotopic (exact) mass is 330 g/mol. The first-order valence-corrected chi connectivity index (χ1v) is 5.91. The zero-order valence-corrected chi connectivity index (χ0v) is 10.9. The number of anilines is 1. The average Bonchev–Trinajstić information content (AvgIpc) is 2.63. The van der Waals surface area contributed by atoms with E-state index in [4.69, 9.17) is 4.42 Å². The van der Waals surface area contributed by atoms with E-state index in [1.54, 1.807) is 12.5 Å². The van der Waals surface area contributed by atoms with Crippen LogP contribution >= 0.6 is 31.9 Å². The molecule has 0 bridgehead atoms. The van der Waals surface area contributed by atoms with Crippen LogP contribution in [-0.4, -0.2) is 4.98 Å². The van der Waals surface area contributed by atoms with Crippen molar-refractivity contribution in [1.29, 1.82) is 0 Å². The molecular formula is C10H8Br2N2O. The van der Waals surface area contributed by atoms with Crippen molar-refractivity contribution >= 4 is 37.5 Å². The molecule has 0 fully saturated rings. The highest BCUT2D eigenvalue weighted by molar-refractivity contribution is 9.10. The van der Waals surface area contributed by atoms with E-state index in [1.807, 2.05) is 18.2 Å². The van der Waals surface area contributed by atoms with Crippen LogP contribution in [0.25, 0.3) is 0 Å². The number of nitrogens with zero attached hydrogens (tertiary/aromatic N) is 1. The Balaban J connectivity index is 1.99. The van der Waals surface area contributed by atoms with Gasteiger partial charge in [-0.25, -0.2) is 4.98 Å². The molecule has 0 atom stereocenters. The fourth-order valence-corrected chi connectivity index (χ4v) is 1.69. The van der Waals surface area contributed by atoms with Gasteiger partial charge in [-0.3, -0.25) is 0 Å². The molecular weight excluding hydrogens is 324 g/mol. The van der Waals surface area contributed by atoms with Crippen molar-refractivity contribution in [2.75, 3.05) is 5.32 Å². The van der Waals surface area contributed by atoms with Crippen molar-refractivity contribution in [3.05, 3.63) is 45.5 Å². The Labute approximate surface area is 104 Å². The van der Waals surface area contributed by atoms with Gasteiger partial charge in [0.25, 0.3) is 0 Å². The average molecular weight is 332 g/mol. The van der Waals surface area contributed by atoms with E-state index in [2.05, 4.69) is 42.2 Å². The van der Waals surface area contributed by atoms with Gasteiger partial charge in [-0.2, -0.15) is 0 Å². The first kappa shape index (κ1) is 10.7. The number of aromatic nitrogens is 1. The van der Waals surface area contributed by atoms with Crippen molar-refractivity contribution in [2.45, 2.75) is 6.54 Å². The van der Waals surface area contributed by atoms with Gasteiger partial charge in [-0.05, 0) is 50.1 Å². The van der Waals surface area contributed by atoms with E-state index >= 15 is 0 Å². The number of hydrogen-bond acceptors (Lipinski definition) is 3. The SMILES string of the molecule is Brc1ccc(NCc2occc2Br)cn1. The second-order valence-electron chi connectivity index (χ2n) is 2.91. The predicted molar refractivity (Wildman–Crippen MR) is 65.7 cm³/mol. The zero-order valence-electron chi connectivity index (χ0n) is 7.71. The van der Waals surface area contributed by atoms with Gasteiger partial charge in [-0.15, -0.1) is 0 Å². The molecule has 0 amide bonds. The van der Waals surface area contributed by atoms with Crippen LogP contribution in [0.5, 0.6) is 0 Å². The molecule has 2 heterocycles. The Kier molecular flexibility index (Phi) is 3.43. The summed E-state index contributed by atoms with van der Waals surface area (Å²) in [7, 11) is 0. The van der Waals surface area contributed by atoms with E-state index < -0.39 is 0 Å². The lowest BCUT2D eigenvalue weighted by molar-refractivity contribution is 0.516. The first-order valence-electron chi connectivity index (χ1n) is 4.33. The van der Waals surface area contributed by atoms with Gasteiger partial charge in [0.1, 0.15) is 10.4 Å². The lowest BCUT2D eigenvalue weighted by Gasteiger charge is -2.03. The molecule has 0 unspecified atom stereocenters. The number of rotatable bonds is 3. The molecule has 0 aliphatic heterocycles. The number of halogens is 2. The summed E-state index contributed by atoms with van der Waals surface area (Å²) in [6, 6.07) is 5.71. The van der Waals surface area contributed by atoms with Crippen molar-refractivity contribution in [3.63, 3.8) is 0 Å². The smallest absolute Gasteiger partial charge is 0.136 e. The van der Waals surface area contributed by atoms with Crippen LogP contribution in [0.2, 0.25) is 0 Å². The Hall–Kier alpha value is -0.810. The fourth-order valence-electron chi connectivity index (χ4n) is 1.11. The minimum Gasteiger partial charge on any atom is -0.466 e. The minimum atomic E-state index is 0.636. The molecule has 0 saturated carbocycles. The summed E-state index contributed by atoms with van der Waals surface area (Å²) in [6.45, 7) is 0.636. The molecule has 0 radical (unpaired) electrons. The van der Waals surface area contributed by atoms with Crippen LogP contribution in [-0.2, 0) is 6.54 Å². The maximum atomic E-state index is 5.27. The highest BCUT2D eigenvalue weighted by Crippen LogP contribution is 2.19. The summed E-state index contributed by atoms with van der Waals surface area (Å²) in [5, 5.41) is 3.21. The van der Waals surface area contributed by atoms with E-state index in [0.717, 1.165) is 20.5 Å². The van der Waals surface area contributed by atoms with Gasteiger partial charge in [0.05, 0.1) is 29.2 Å². The molecule has 0 aliphatic rings. The molecule has 0 aromatic carbocycles. The number of nitrogens with one attached hydrogen (secondary N) is 1. The Morgan fingerprint density at radius 2 is 2.13 bits per heavy atom. The molecule has 2 rings (SSSR count). The lowest BCUT2D eigenvalue weighted by Crippen LogP contribution is -1.98. The van der Waals surface area contributed by atoms with Gasteiger partial charge in [0.15, 0.2) is 0 Å². The van der Waals surface area contributed by atoms with Crippen LogP contribution in [0.1, 0.15) is 5.76 Å². The van der Waals surface area contributed by atoms with Crippen LogP contribution in [0.3, 0.4) is 0 Å². The molecule has 0 spiro atoms. The quantitative estimate of drug-likeness (QED) is 0.869. The molecule has 3 nitrogen and oxygen atoms in total. The third kappa shape index (κ3) is 2.82. The molecule has 78 valence electrons. The first-order chi connectivity index (χ1) is 7.25. The highest BCUT2D eigenvalue weighted by Gasteiger charge is 2.02. The summed E-state index contributed by atoms with van der Waals surface area (Å²) < 4.78 is 7.07. The molecule has 0 aliphatic carbocycles. The second-order valence-corrected chi connectivity index (χ2v) is 4.58. The van der Waals surface area contributed by atoms with Crippen molar-refractivity contribution in [3.8, 4) is 0 Å². The van der Waals surface area contributed by atoms with Gasteiger partial charge in [0.2, 0.25) is 0 Å². The van der Waals surface area contributed by atoms with Crippen LogP contribution < -0.4 is 5.32 Å².